The zero-order chi connectivity index (χ0) is 14.1. The zero-order valence-electron chi connectivity index (χ0n) is 12.0. The van der Waals surface area contributed by atoms with Gasteiger partial charge in [0.05, 0.1) is 5.92 Å². The summed E-state index contributed by atoms with van der Waals surface area (Å²) in [6.45, 7) is 3.07. The number of carboxylic acids is 1. The predicted molar refractivity (Wildman–Crippen MR) is 73.4 cm³/mol. The number of aliphatic carboxylic acids is 1. The van der Waals surface area contributed by atoms with Gasteiger partial charge in [0.1, 0.15) is 11.6 Å². The van der Waals surface area contributed by atoms with Crippen molar-refractivity contribution in [1.29, 1.82) is 0 Å². The number of hydrogen-bond donors (Lipinski definition) is 1. The fourth-order valence-corrected chi connectivity index (χ4v) is 3.28. The van der Waals surface area contributed by atoms with Crippen molar-refractivity contribution in [3.63, 3.8) is 0 Å². The zero-order valence-corrected chi connectivity index (χ0v) is 12.0. The average molecular weight is 278 g/mol. The molecule has 1 N–H and O–H groups in total. The van der Waals surface area contributed by atoms with Crippen molar-refractivity contribution >= 4 is 5.97 Å². The monoisotopic (exact) mass is 278 g/mol. The van der Waals surface area contributed by atoms with Crippen LogP contribution in [0.15, 0.2) is 0 Å². The van der Waals surface area contributed by atoms with Gasteiger partial charge in [0.25, 0.3) is 0 Å². The summed E-state index contributed by atoms with van der Waals surface area (Å²) in [7, 11) is 2.17. The maximum atomic E-state index is 11.1. The molecule has 0 bridgehead atoms. The molecular formula is C14H22N4O2. The molecule has 0 saturated carbocycles. The molecule has 0 spiro atoms. The minimum Gasteiger partial charge on any atom is -0.481 e. The summed E-state index contributed by atoms with van der Waals surface area (Å²) >= 11 is 0. The van der Waals surface area contributed by atoms with Gasteiger partial charge >= 0.3 is 5.97 Å². The van der Waals surface area contributed by atoms with Crippen molar-refractivity contribution in [3.8, 4) is 0 Å². The number of hydrogen-bond acceptors (Lipinski definition) is 4. The molecule has 0 aromatic carbocycles. The SMILES string of the molecule is CN1CCC(Cc2nnc3n2CCC(C(=O)O)C3)CC1. The molecular weight excluding hydrogens is 256 g/mol. The number of carbonyl (C=O) groups is 1. The van der Waals surface area contributed by atoms with Crippen LogP contribution in [0.3, 0.4) is 0 Å². The number of likely N-dealkylation sites (tertiary alicyclic amines) is 1. The van der Waals surface area contributed by atoms with E-state index in [4.69, 9.17) is 5.11 Å². The second kappa shape index (κ2) is 5.52. The van der Waals surface area contributed by atoms with E-state index in [0.29, 0.717) is 18.8 Å². The first kappa shape index (κ1) is 13.5. The lowest BCUT2D eigenvalue weighted by molar-refractivity contribution is -0.142. The Kier molecular flexibility index (Phi) is 3.74. The highest BCUT2D eigenvalue weighted by Crippen LogP contribution is 2.24. The topological polar surface area (TPSA) is 71.2 Å². The van der Waals surface area contributed by atoms with Gasteiger partial charge in [-0.2, -0.15) is 0 Å². The molecule has 1 aromatic heterocycles. The van der Waals surface area contributed by atoms with Crippen molar-refractivity contribution in [1.82, 2.24) is 19.7 Å². The van der Waals surface area contributed by atoms with E-state index in [0.717, 1.165) is 37.7 Å². The van der Waals surface area contributed by atoms with Crippen LogP contribution < -0.4 is 0 Å². The number of rotatable bonds is 3. The van der Waals surface area contributed by atoms with Gasteiger partial charge in [-0.25, -0.2) is 0 Å². The van der Waals surface area contributed by atoms with Crippen molar-refractivity contribution in [3.05, 3.63) is 11.6 Å². The number of aromatic nitrogens is 3. The van der Waals surface area contributed by atoms with E-state index in [1.807, 2.05) is 0 Å². The predicted octanol–water partition coefficient (Wildman–Crippen LogP) is 0.809. The van der Waals surface area contributed by atoms with Gasteiger partial charge in [-0.1, -0.05) is 0 Å². The van der Waals surface area contributed by atoms with Crippen LogP contribution in [0.4, 0.5) is 0 Å². The van der Waals surface area contributed by atoms with Crippen LogP contribution in [0.5, 0.6) is 0 Å². The third-order valence-corrected chi connectivity index (χ3v) is 4.69. The first-order chi connectivity index (χ1) is 9.63. The number of fused-ring (bicyclic) bond motifs is 1. The van der Waals surface area contributed by atoms with E-state index in [1.165, 1.54) is 12.8 Å². The van der Waals surface area contributed by atoms with Gasteiger partial charge in [-0.3, -0.25) is 4.79 Å². The highest BCUT2D eigenvalue weighted by molar-refractivity contribution is 5.70. The molecule has 0 radical (unpaired) electrons. The normalized spacial score (nSPS) is 24.6. The van der Waals surface area contributed by atoms with Crippen molar-refractivity contribution < 1.29 is 9.90 Å². The molecule has 0 aliphatic carbocycles. The van der Waals surface area contributed by atoms with E-state index in [2.05, 4.69) is 26.7 Å². The summed E-state index contributed by atoms with van der Waals surface area (Å²) in [5, 5.41) is 17.6. The Morgan fingerprint density at radius 3 is 2.70 bits per heavy atom. The Morgan fingerprint density at radius 1 is 1.25 bits per heavy atom. The lowest BCUT2D eigenvalue weighted by Gasteiger charge is -2.29. The van der Waals surface area contributed by atoms with Gasteiger partial charge in [0.15, 0.2) is 0 Å². The quantitative estimate of drug-likeness (QED) is 0.886. The molecule has 0 amide bonds. The molecule has 2 aliphatic rings. The Morgan fingerprint density at radius 2 is 2.00 bits per heavy atom. The highest BCUT2D eigenvalue weighted by atomic mass is 16.4. The van der Waals surface area contributed by atoms with E-state index in [1.54, 1.807) is 0 Å². The summed E-state index contributed by atoms with van der Waals surface area (Å²) in [4.78, 5) is 13.4. The van der Waals surface area contributed by atoms with Crippen LogP contribution in [0.1, 0.15) is 30.9 Å². The molecule has 20 heavy (non-hydrogen) atoms. The molecule has 1 fully saturated rings. The molecule has 6 heteroatoms. The molecule has 1 unspecified atom stereocenters. The summed E-state index contributed by atoms with van der Waals surface area (Å²) < 4.78 is 2.15. The maximum Gasteiger partial charge on any atom is 0.307 e. The standard InChI is InChI=1S/C14H22N4O2/c1-17-5-2-10(3-6-17)8-12-15-16-13-9-11(14(19)20)4-7-18(12)13/h10-11H,2-9H2,1H3,(H,19,20). The van der Waals surface area contributed by atoms with Crippen LogP contribution in [-0.2, 0) is 24.2 Å². The molecule has 6 nitrogen and oxygen atoms in total. The van der Waals surface area contributed by atoms with Crippen LogP contribution in [0.2, 0.25) is 0 Å². The summed E-state index contributed by atoms with van der Waals surface area (Å²) in [5.41, 5.74) is 0. The first-order valence-corrected chi connectivity index (χ1v) is 7.46. The lowest BCUT2D eigenvalue weighted by Crippen LogP contribution is -2.32. The minimum absolute atomic E-state index is 0.289. The van der Waals surface area contributed by atoms with E-state index >= 15 is 0 Å². The minimum atomic E-state index is -0.712. The van der Waals surface area contributed by atoms with E-state index < -0.39 is 5.97 Å². The van der Waals surface area contributed by atoms with Crippen molar-refractivity contribution in [2.45, 2.75) is 38.6 Å². The summed E-state index contributed by atoms with van der Waals surface area (Å²) in [6, 6.07) is 0. The Hall–Kier alpha value is -1.43. The van der Waals surface area contributed by atoms with E-state index in [9.17, 15) is 4.79 Å². The molecule has 1 saturated heterocycles. The van der Waals surface area contributed by atoms with Crippen LogP contribution in [0.25, 0.3) is 0 Å². The van der Waals surface area contributed by atoms with Gasteiger partial charge < -0.3 is 14.6 Å². The van der Waals surface area contributed by atoms with Crippen LogP contribution in [0, 0.1) is 11.8 Å². The first-order valence-electron chi connectivity index (χ1n) is 7.46. The second-order valence-corrected chi connectivity index (χ2v) is 6.16. The van der Waals surface area contributed by atoms with Crippen molar-refractivity contribution in [2.24, 2.45) is 11.8 Å². The fourth-order valence-electron chi connectivity index (χ4n) is 3.28. The Bertz CT molecular complexity index is 491. The summed E-state index contributed by atoms with van der Waals surface area (Å²) in [6.07, 6.45) is 4.64. The Balaban J connectivity index is 1.66. The van der Waals surface area contributed by atoms with Gasteiger partial charge in [0.2, 0.25) is 0 Å². The third kappa shape index (κ3) is 2.70. The second-order valence-electron chi connectivity index (χ2n) is 6.16. The molecule has 110 valence electrons. The van der Waals surface area contributed by atoms with Crippen molar-refractivity contribution in [2.75, 3.05) is 20.1 Å². The van der Waals surface area contributed by atoms with Gasteiger partial charge in [-0.05, 0) is 45.3 Å². The van der Waals surface area contributed by atoms with E-state index in [-0.39, 0.29) is 5.92 Å². The molecule has 3 heterocycles. The lowest BCUT2D eigenvalue weighted by atomic mass is 9.93. The number of nitrogens with zero attached hydrogens (tertiary/aromatic N) is 4. The van der Waals surface area contributed by atoms with Crippen LogP contribution >= 0.6 is 0 Å². The molecule has 3 rings (SSSR count). The van der Waals surface area contributed by atoms with Crippen LogP contribution in [-0.4, -0.2) is 50.9 Å². The fraction of sp³-hybridized carbons (Fsp3) is 0.786. The summed E-state index contributed by atoms with van der Waals surface area (Å²) in [5.74, 6) is 1.60. The Labute approximate surface area is 118 Å². The highest BCUT2D eigenvalue weighted by Gasteiger charge is 2.28. The number of piperidine rings is 1. The number of carboxylic acid groups (broad SMARTS) is 1. The van der Waals surface area contributed by atoms with Gasteiger partial charge in [-0.15, -0.1) is 10.2 Å². The largest absolute Gasteiger partial charge is 0.481 e. The molecule has 1 aromatic rings. The van der Waals surface area contributed by atoms with Gasteiger partial charge in [0, 0.05) is 19.4 Å². The molecule has 1 atom stereocenters. The molecule has 2 aliphatic heterocycles. The smallest absolute Gasteiger partial charge is 0.307 e. The average Bonchev–Trinajstić information content (AvgIpc) is 2.84. The maximum absolute atomic E-state index is 11.1. The third-order valence-electron chi connectivity index (χ3n) is 4.69.